The zero-order valence-corrected chi connectivity index (χ0v) is 11.1. The van der Waals surface area contributed by atoms with E-state index in [1.165, 1.54) is 5.56 Å². The molecule has 2 nitrogen and oxygen atoms in total. The highest BCUT2D eigenvalue weighted by atomic mass is 16.5. The Morgan fingerprint density at radius 1 is 1.19 bits per heavy atom. The summed E-state index contributed by atoms with van der Waals surface area (Å²) in [5, 5.41) is 0. The van der Waals surface area contributed by atoms with Gasteiger partial charge in [0.1, 0.15) is 0 Å². The predicted molar refractivity (Wildman–Crippen MR) is 68.0 cm³/mol. The van der Waals surface area contributed by atoms with Gasteiger partial charge in [-0.2, -0.15) is 0 Å². The highest BCUT2D eigenvalue weighted by Gasteiger charge is 2.05. The Morgan fingerprint density at radius 2 is 1.88 bits per heavy atom. The molecule has 0 bridgehead atoms. The van der Waals surface area contributed by atoms with E-state index in [9.17, 15) is 0 Å². The summed E-state index contributed by atoms with van der Waals surface area (Å²) in [7, 11) is 0. The Bertz CT molecular complexity index is 332. The fourth-order valence-corrected chi connectivity index (χ4v) is 1.43. The van der Waals surface area contributed by atoms with Crippen LogP contribution in [0.25, 0.3) is 0 Å². The molecule has 0 amide bonds. The van der Waals surface area contributed by atoms with Crippen LogP contribution in [0, 0.1) is 12.8 Å². The molecular formula is C14H23NO. The van der Waals surface area contributed by atoms with E-state index in [0.29, 0.717) is 11.8 Å². The van der Waals surface area contributed by atoms with E-state index in [-0.39, 0.29) is 0 Å². The molecule has 0 aliphatic heterocycles. The number of ether oxygens (including phenoxy) is 1. The first-order valence-corrected chi connectivity index (χ1v) is 6.10. The average Bonchev–Trinajstić information content (AvgIpc) is 2.16. The minimum absolute atomic E-state index is 0.451. The molecule has 90 valence electrons. The molecule has 1 aromatic rings. The summed E-state index contributed by atoms with van der Waals surface area (Å²) in [4.78, 5) is 4.51. The molecule has 0 spiro atoms. The Kier molecular flexibility index (Phi) is 4.78. The van der Waals surface area contributed by atoms with Gasteiger partial charge in [0.2, 0.25) is 5.88 Å². The van der Waals surface area contributed by atoms with Gasteiger partial charge in [0.25, 0.3) is 0 Å². The van der Waals surface area contributed by atoms with Crippen molar-refractivity contribution in [3.05, 3.63) is 23.4 Å². The van der Waals surface area contributed by atoms with E-state index in [2.05, 4.69) is 45.7 Å². The monoisotopic (exact) mass is 221 g/mol. The first kappa shape index (κ1) is 13.0. The van der Waals surface area contributed by atoms with E-state index < -0.39 is 0 Å². The average molecular weight is 221 g/mol. The van der Waals surface area contributed by atoms with E-state index in [1.807, 2.05) is 6.07 Å². The maximum Gasteiger partial charge on any atom is 0.213 e. The molecule has 0 aliphatic carbocycles. The number of pyridine rings is 1. The first-order valence-electron chi connectivity index (χ1n) is 6.10. The lowest BCUT2D eigenvalue weighted by atomic mass is 10.1. The maximum atomic E-state index is 5.68. The number of aromatic nitrogens is 1. The second kappa shape index (κ2) is 5.88. The summed E-state index contributed by atoms with van der Waals surface area (Å²) in [6, 6.07) is 4.13. The van der Waals surface area contributed by atoms with Crippen molar-refractivity contribution in [1.29, 1.82) is 0 Å². The SMILES string of the molecule is Cc1cc(OCCC(C)C)nc(C(C)C)c1. The van der Waals surface area contributed by atoms with Crippen molar-refractivity contribution in [2.24, 2.45) is 5.92 Å². The van der Waals surface area contributed by atoms with Gasteiger partial charge >= 0.3 is 0 Å². The van der Waals surface area contributed by atoms with Crippen molar-refractivity contribution in [3.63, 3.8) is 0 Å². The summed E-state index contributed by atoms with van der Waals surface area (Å²) in [6.07, 6.45) is 1.08. The molecule has 0 N–H and O–H groups in total. The largest absolute Gasteiger partial charge is 0.478 e. The van der Waals surface area contributed by atoms with Gasteiger partial charge < -0.3 is 4.74 Å². The van der Waals surface area contributed by atoms with Crippen LogP contribution in [0.1, 0.15) is 51.3 Å². The summed E-state index contributed by atoms with van der Waals surface area (Å²) in [6.45, 7) is 11.5. The number of rotatable bonds is 5. The minimum Gasteiger partial charge on any atom is -0.478 e. The molecule has 16 heavy (non-hydrogen) atoms. The number of hydrogen-bond donors (Lipinski definition) is 0. The van der Waals surface area contributed by atoms with Crippen LogP contribution >= 0.6 is 0 Å². The normalized spacial score (nSPS) is 11.2. The van der Waals surface area contributed by atoms with Gasteiger partial charge in [-0.3, -0.25) is 0 Å². The molecule has 0 atom stereocenters. The van der Waals surface area contributed by atoms with E-state index >= 15 is 0 Å². The van der Waals surface area contributed by atoms with Crippen molar-refractivity contribution in [1.82, 2.24) is 4.98 Å². The molecule has 1 rings (SSSR count). The van der Waals surface area contributed by atoms with E-state index in [1.54, 1.807) is 0 Å². The lowest BCUT2D eigenvalue weighted by Gasteiger charge is -2.11. The van der Waals surface area contributed by atoms with Crippen molar-refractivity contribution in [2.45, 2.75) is 47.0 Å². The van der Waals surface area contributed by atoms with Gasteiger partial charge in [0, 0.05) is 11.8 Å². The summed E-state index contributed by atoms with van der Waals surface area (Å²) >= 11 is 0. The first-order chi connectivity index (χ1) is 7.49. The van der Waals surface area contributed by atoms with Gasteiger partial charge in [0.15, 0.2) is 0 Å². The van der Waals surface area contributed by atoms with Crippen LogP contribution in [0.15, 0.2) is 12.1 Å². The lowest BCUT2D eigenvalue weighted by Crippen LogP contribution is -2.04. The quantitative estimate of drug-likeness (QED) is 0.751. The fourth-order valence-electron chi connectivity index (χ4n) is 1.43. The highest BCUT2D eigenvalue weighted by Crippen LogP contribution is 2.18. The van der Waals surface area contributed by atoms with Crippen molar-refractivity contribution in [3.8, 4) is 5.88 Å². The standard InChI is InChI=1S/C14H23NO/c1-10(2)6-7-16-14-9-12(5)8-13(15-14)11(3)4/h8-11H,6-7H2,1-5H3. The van der Waals surface area contributed by atoms with Crippen LogP contribution in [0.5, 0.6) is 5.88 Å². The van der Waals surface area contributed by atoms with Gasteiger partial charge in [-0.05, 0) is 36.8 Å². The predicted octanol–water partition coefficient (Wildman–Crippen LogP) is 3.94. The minimum atomic E-state index is 0.451. The third-order valence-corrected chi connectivity index (χ3v) is 2.50. The molecule has 1 heterocycles. The zero-order valence-electron chi connectivity index (χ0n) is 11.1. The van der Waals surface area contributed by atoms with Gasteiger partial charge in [-0.1, -0.05) is 27.7 Å². The smallest absolute Gasteiger partial charge is 0.213 e. The Balaban J connectivity index is 2.65. The van der Waals surface area contributed by atoms with Crippen molar-refractivity contribution in [2.75, 3.05) is 6.61 Å². The lowest BCUT2D eigenvalue weighted by molar-refractivity contribution is 0.278. The Morgan fingerprint density at radius 3 is 2.44 bits per heavy atom. The summed E-state index contributed by atoms with van der Waals surface area (Å²) < 4.78 is 5.68. The molecule has 0 aromatic carbocycles. The van der Waals surface area contributed by atoms with Crippen molar-refractivity contribution >= 4 is 0 Å². The van der Waals surface area contributed by atoms with E-state index in [4.69, 9.17) is 4.74 Å². The fraction of sp³-hybridized carbons (Fsp3) is 0.643. The van der Waals surface area contributed by atoms with E-state index in [0.717, 1.165) is 24.6 Å². The number of nitrogens with zero attached hydrogens (tertiary/aromatic N) is 1. The molecule has 0 fully saturated rings. The van der Waals surface area contributed by atoms with Crippen LogP contribution in [0.3, 0.4) is 0 Å². The molecule has 0 aliphatic rings. The molecule has 2 heteroatoms. The number of hydrogen-bond acceptors (Lipinski definition) is 2. The zero-order chi connectivity index (χ0) is 12.1. The second-order valence-corrected chi connectivity index (χ2v) is 5.09. The third-order valence-electron chi connectivity index (χ3n) is 2.50. The molecule has 0 unspecified atom stereocenters. The van der Waals surface area contributed by atoms with Crippen LogP contribution in [0.2, 0.25) is 0 Å². The van der Waals surface area contributed by atoms with Crippen LogP contribution < -0.4 is 4.74 Å². The topological polar surface area (TPSA) is 22.1 Å². The summed E-state index contributed by atoms with van der Waals surface area (Å²) in [5.41, 5.74) is 2.33. The second-order valence-electron chi connectivity index (χ2n) is 5.09. The molecule has 0 radical (unpaired) electrons. The maximum absolute atomic E-state index is 5.68. The number of aryl methyl sites for hydroxylation is 1. The Labute approximate surface area is 99.0 Å². The van der Waals surface area contributed by atoms with Gasteiger partial charge in [-0.25, -0.2) is 4.98 Å². The van der Waals surface area contributed by atoms with Gasteiger partial charge in [0.05, 0.1) is 6.61 Å². The molecule has 0 saturated heterocycles. The van der Waals surface area contributed by atoms with Crippen molar-refractivity contribution < 1.29 is 4.74 Å². The van der Waals surface area contributed by atoms with Gasteiger partial charge in [-0.15, -0.1) is 0 Å². The third kappa shape index (κ3) is 4.21. The van der Waals surface area contributed by atoms with Crippen LogP contribution in [0.4, 0.5) is 0 Å². The highest BCUT2D eigenvalue weighted by molar-refractivity contribution is 5.25. The van der Waals surface area contributed by atoms with Crippen LogP contribution in [-0.2, 0) is 0 Å². The Hall–Kier alpha value is -1.05. The molecular weight excluding hydrogens is 198 g/mol. The molecule has 1 aromatic heterocycles. The molecule has 0 saturated carbocycles. The van der Waals surface area contributed by atoms with Crippen LogP contribution in [-0.4, -0.2) is 11.6 Å². The summed E-state index contributed by atoms with van der Waals surface area (Å²) in [5.74, 6) is 1.89.